The maximum atomic E-state index is 12.5. The first kappa shape index (κ1) is 16.3. The number of nitrogens with one attached hydrogen (secondary N) is 1. The van der Waals surface area contributed by atoms with Crippen molar-refractivity contribution in [2.45, 2.75) is 19.4 Å². The molecule has 3 aromatic heterocycles. The van der Waals surface area contributed by atoms with Gasteiger partial charge in [0.2, 0.25) is 0 Å². The number of thiophene rings is 1. The Hall–Kier alpha value is -2.19. The number of hydrogen-bond acceptors (Lipinski definition) is 5. The molecule has 130 valence electrons. The van der Waals surface area contributed by atoms with Crippen LogP contribution >= 0.6 is 22.7 Å². The average Bonchev–Trinajstić information content (AvgIpc) is 3.36. The number of imidazole rings is 1. The lowest BCUT2D eigenvalue weighted by Gasteiger charge is -2.31. The molecule has 1 aliphatic rings. The Kier molecular flexibility index (Phi) is 4.54. The van der Waals surface area contributed by atoms with Gasteiger partial charge < -0.3 is 10.2 Å². The quantitative estimate of drug-likeness (QED) is 0.713. The molecule has 4 rings (SSSR count). The molecule has 0 bridgehead atoms. The highest BCUT2D eigenvalue weighted by molar-refractivity contribution is 7.15. The molecule has 25 heavy (non-hydrogen) atoms. The number of thiazole rings is 1. The van der Waals surface area contributed by atoms with E-state index in [4.69, 9.17) is 0 Å². The first-order valence-corrected chi connectivity index (χ1v) is 9.98. The van der Waals surface area contributed by atoms with Crippen molar-refractivity contribution in [3.05, 3.63) is 45.9 Å². The number of carbonyl (C=O) groups excluding carboxylic acids is 2. The Bertz CT molecular complexity index is 855. The summed E-state index contributed by atoms with van der Waals surface area (Å²) in [5.41, 5.74) is 0.837. The molecule has 0 saturated carbocycles. The third kappa shape index (κ3) is 3.45. The van der Waals surface area contributed by atoms with E-state index >= 15 is 0 Å². The van der Waals surface area contributed by atoms with Gasteiger partial charge in [0, 0.05) is 36.8 Å². The summed E-state index contributed by atoms with van der Waals surface area (Å²) in [5.74, 6) is 0.0536. The maximum absolute atomic E-state index is 12.5. The summed E-state index contributed by atoms with van der Waals surface area (Å²) < 4.78 is 1.95. The van der Waals surface area contributed by atoms with Crippen LogP contribution in [0.1, 0.15) is 28.2 Å². The molecule has 8 heteroatoms. The standard InChI is InChI=1S/C17H18N4O2S2/c22-15(14-4-2-7-24-14)12-3-1-5-20(10-12)16(23)18-9-13-11-21-6-8-25-17(21)19-13/h2,4,6-8,11-12H,1,3,5,9-10H2,(H,18,23)/t12-/m0/s1. The molecule has 2 amide bonds. The van der Waals surface area contributed by atoms with Crippen molar-refractivity contribution >= 4 is 39.4 Å². The van der Waals surface area contributed by atoms with Gasteiger partial charge in [-0.1, -0.05) is 6.07 Å². The zero-order valence-electron chi connectivity index (χ0n) is 13.6. The summed E-state index contributed by atoms with van der Waals surface area (Å²) in [7, 11) is 0. The normalized spacial score (nSPS) is 17.8. The first-order valence-electron chi connectivity index (χ1n) is 8.22. The van der Waals surface area contributed by atoms with Crippen molar-refractivity contribution in [3.8, 4) is 0 Å². The molecular weight excluding hydrogens is 356 g/mol. The van der Waals surface area contributed by atoms with Crippen molar-refractivity contribution < 1.29 is 9.59 Å². The Morgan fingerprint density at radius 1 is 1.32 bits per heavy atom. The van der Waals surface area contributed by atoms with Crippen molar-refractivity contribution in [1.82, 2.24) is 19.6 Å². The third-order valence-corrected chi connectivity index (χ3v) is 6.06. The van der Waals surface area contributed by atoms with Gasteiger partial charge in [0.05, 0.1) is 17.1 Å². The lowest BCUT2D eigenvalue weighted by atomic mass is 9.93. The highest BCUT2D eigenvalue weighted by atomic mass is 32.1. The van der Waals surface area contributed by atoms with E-state index in [0.29, 0.717) is 19.6 Å². The molecular formula is C17H18N4O2S2. The zero-order valence-corrected chi connectivity index (χ0v) is 15.2. The largest absolute Gasteiger partial charge is 0.332 e. The third-order valence-electron chi connectivity index (χ3n) is 4.41. The number of carbonyl (C=O) groups is 2. The molecule has 1 atom stereocenters. The number of aromatic nitrogens is 2. The van der Waals surface area contributed by atoms with E-state index in [2.05, 4.69) is 10.3 Å². The molecule has 0 aliphatic carbocycles. The van der Waals surface area contributed by atoms with Crippen LogP contribution in [0.5, 0.6) is 0 Å². The Balaban J connectivity index is 1.35. The summed E-state index contributed by atoms with van der Waals surface area (Å²) in [6.45, 7) is 1.58. The fourth-order valence-electron chi connectivity index (χ4n) is 3.13. The zero-order chi connectivity index (χ0) is 17.2. The first-order chi connectivity index (χ1) is 12.2. The molecule has 0 radical (unpaired) electrons. The molecule has 6 nitrogen and oxygen atoms in total. The van der Waals surface area contributed by atoms with E-state index in [0.717, 1.165) is 28.4 Å². The maximum Gasteiger partial charge on any atom is 0.317 e. The van der Waals surface area contributed by atoms with Crippen molar-refractivity contribution in [1.29, 1.82) is 0 Å². The van der Waals surface area contributed by atoms with E-state index in [1.807, 2.05) is 39.7 Å². The Labute approximate surface area is 153 Å². The summed E-state index contributed by atoms with van der Waals surface area (Å²) in [5, 5.41) is 6.81. The number of amides is 2. The van der Waals surface area contributed by atoms with Crippen LogP contribution in [-0.2, 0) is 6.54 Å². The smallest absolute Gasteiger partial charge is 0.317 e. The summed E-state index contributed by atoms with van der Waals surface area (Å²) in [6.07, 6.45) is 5.57. The van der Waals surface area contributed by atoms with E-state index in [-0.39, 0.29) is 17.7 Å². The minimum Gasteiger partial charge on any atom is -0.332 e. The van der Waals surface area contributed by atoms with Crippen LogP contribution in [0.4, 0.5) is 4.79 Å². The van der Waals surface area contributed by atoms with Crippen molar-refractivity contribution in [2.75, 3.05) is 13.1 Å². The van der Waals surface area contributed by atoms with Gasteiger partial charge in [-0.2, -0.15) is 0 Å². The highest BCUT2D eigenvalue weighted by Gasteiger charge is 2.29. The van der Waals surface area contributed by atoms with Crippen LogP contribution in [0.2, 0.25) is 0 Å². The molecule has 0 spiro atoms. The summed E-state index contributed by atoms with van der Waals surface area (Å²) in [4.78, 5) is 32.9. The number of nitrogens with zero attached hydrogens (tertiary/aromatic N) is 3. The number of rotatable bonds is 4. The average molecular weight is 374 g/mol. The summed E-state index contributed by atoms with van der Waals surface area (Å²) in [6, 6.07) is 3.62. The fourth-order valence-corrected chi connectivity index (χ4v) is 4.60. The number of Topliss-reactive ketones (excluding diaryl/α,β-unsaturated/α-hetero) is 1. The van der Waals surface area contributed by atoms with Crippen LogP contribution < -0.4 is 5.32 Å². The van der Waals surface area contributed by atoms with Gasteiger partial charge >= 0.3 is 6.03 Å². The van der Waals surface area contributed by atoms with E-state index < -0.39 is 0 Å². The van der Waals surface area contributed by atoms with Crippen LogP contribution in [-0.4, -0.2) is 39.2 Å². The second kappa shape index (κ2) is 6.97. The predicted octanol–water partition coefficient (Wildman–Crippen LogP) is 3.26. The lowest BCUT2D eigenvalue weighted by molar-refractivity contribution is 0.0849. The molecule has 4 heterocycles. The van der Waals surface area contributed by atoms with Gasteiger partial charge in [0.25, 0.3) is 0 Å². The second-order valence-corrected chi connectivity index (χ2v) is 7.93. The number of hydrogen-bond donors (Lipinski definition) is 1. The SMILES string of the molecule is O=C(c1cccs1)[C@H]1CCCN(C(=O)NCc2cn3ccsc3n2)C1. The molecule has 3 aromatic rings. The number of urea groups is 1. The van der Waals surface area contributed by atoms with E-state index in [1.165, 1.54) is 11.3 Å². The molecule has 0 unspecified atom stereocenters. The Morgan fingerprint density at radius 2 is 2.24 bits per heavy atom. The summed E-state index contributed by atoms with van der Waals surface area (Å²) >= 11 is 3.03. The fraction of sp³-hybridized carbons (Fsp3) is 0.353. The number of ketones is 1. The molecule has 1 fully saturated rings. The van der Waals surface area contributed by atoms with Crippen molar-refractivity contribution in [3.63, 3.8) is 0 Å². The minimum atomic E-state index is -0.125. The molecule has 1 aliphatic heterocycles. The van der Waals surface area contributed by atoms with Gasteiger partial charge in [-0.25, -0.2) is 9.78 Å². The highest BCUT2D eigenvalue weighted by Crippen LogP contribution is 2.23. The van der Waals surface area contributed by atoms with Crippen LogP contribution in [0.15, 0.2) is 35.3 Å². The topological polar surface area (TPSA) is 66.7 Å². The predicted molar refractivity (Wildman–Crippen MR) is 98.3 cm³/mol. The second-order valence-electron chi connectivity index (χ2n) is 6.11. The van der Waals surface area contributed by atoms with Crippen LogP contribution in [0, 0.1) is 5.92 Å². The van der Waals surface area contributed by atoms with Crippen LogP contribution in [0.3, 0.4) is 0 Å². The van der Waals surface area contributed by atoms with Crippen LogP contribution in [0.25, 0.3) is 4.96 Å². The number of fused-ring (bicyclic) bond motifs is 1. The lowest BCUT2D eigenvalue weighted by Crippen LogP contribution is -2.46. The van der Waals surface area contributed by atoms with Crippen molar-refractivity contribution in [2.24, 2.45) is 5.92 Å². The van der Waals surface area contributed by atoms with Gasteiger partial charge in [0.15, 0.2) is 10.7 Å². The van der Waals surface area contributed by atoms with Gasteiger partial charge in [-0.15, -0.1) is 22.7 Å². The van der Waals surface area contributed by atoms with E-state index in [9.17, 15) is 9.59 Å². The van der Waals surface area contributed by atoms with E-state index in [1.54, 1.807) is 16.2 Å². The molecule has 1 saturated heterocycles. The number of piperidine rings is 1. The number of likely N-dealkylation sites (tertiary alicyclic amines) is 1. The van der Waals surface area contributed by atoms with Gasteiger partial charge in [0.1, 0.15) is 0 Å². The van der Waals surface area contributed by atoms with Gasteiger partial charge in [-0.3, -0.25) is 9.20 Å². The Morgan fingerprint density at radius 3 is 3.04 bits per heavy atom. The molecule has 0 aromatic carbocycles. The molecule has 1 N–H and O–H groups in total. The van der Waals surface area contributed by atoms with Gasteiger partial charge in [-0.05, 0) is 24.3 Å². The minimum absolute atomic E-state index is 0.101. The monoisotopic (exact) mass is 374 g/mol.